The molecule has 19 heavy (non-hydrogen) atoms. The molecule has 0 saturated carbocycles. The largest absolute Gasteiger partial charge is 0.481 e. The van der Waals surface area contributed by atoms with Gasteiger partial charge in [0.25, 0.3) is 0 Å². The third-order valence-electron chi connectivity index (χ3n) is 3.60. The molecular weight excluding hydrogens is 244 g/mol. The van der Waals surface area contributed by atoms with Gasteiger partial charge >= 0.3 is 5.97 Å². The van der Waals surface area contributed by atoms with Crippen LogP contribution in [0.25, 0.3) is 0 Å². The van der Waals surface area contributed by atoms with Gasteiger partial charge in [-0.2, -0.15) is 5.10 Å². The van der Waals surface area contributed by atoms with E-state index in [1.165, 1.54) is 0 Å². The van der Waals surface area contributed by atoms with Crippen molar-refractivity contribution >= 4 is 5.97 Å². The van der Waals surface area contributed by atoms with Crippen LogP contribution in [0, 0.1) is 17.8 Å². The van der Waals surface area contributed by atoms with Crippen molar-refractivity contribution in [1.29, 1.82) is 0 Å². The summed E-state index contributed by atoms with van der Waals surface area (Å²) in [7, 11) is 0. The Morgan fingerprint density at radius 2 is 2.26 bits per heavy atom. The van der Waals surface area contributed by atoms with E-state index in [4.69, 9.17) is 5.11 Å². The molecule has 0 aromatic carbocycles. The van der Waals surface area contributed by atoms with Crippen LogP contribution in [0.4, 0.5) is 0 Å². The maximum absolute atomic E-state index is 11.1. The number of carboxylic acid groups (broad SMARTS) is 1. The average Bonchev–Trinajstić information content (AvgIpc) is 2.86. The molecule has 2 atom stereocenters. The molecule has 0 aliphatic carbocycles. The van der Waals surface area contributed by atoms with Crippen LogP contribution >= 0.6 is 0 Å². The van der Waals surface area contributed by atoms with Gasteiger partial charge in [-0.05, 0) is 11.8 Å². The smallest absolute Gasteiger partial charge is 0.308 e. The number of rotatable bonds is 5. The van der Waals surface area contributed by atoms with Gasteiger partial charge in [0, 0.05) is 19.6 Å². The minimum absolute atomic E-state index is 0.193. The first-order valence-corrected chi connectivity index (χ1v) is 6.79. The van der Waals surface area contributed by atoms with E-state index in [9.17, 15) is 4.79 Å². The summed E-state index contributed by atoms with van der Waals surface area (Å²) in [6.07, 6.45) is 1.58. The number of carboxylic acids is 1. The van der Waals surface area contributed by atoms with Gasteiger partial charge in [0.1, 0.15) is 12.2 Å². The third kappa shape index (κ3) is 3.32. The number of hydrogen-bond donors (Lipinski definition) is 1. The predicted molar refractivity (Wildman–Crippen MR) is 70.4 cm³/mol. The molecule has 6 nitrogen and oxygen atoms in total. The van der Waals surface area contributed by atoms with Gasteiger partial charge in [-0.15, -0.1) is 0 Å². The van der Waals surface area contributed by atoms with E-state index in [1.54, 1.807) is 6.33 Å². The van der Waals surface area contributed by atoms with E-state index in [0.29, 0.717) is 19.0 Å². The molecule has 0 spiro atoms. The van der Waals surface area contributed by atoms with Crippen LogP contribution in [0.3, 0.4) is 0 Å². The Morgan fingerprint density at radius 3 is 2.84 bits per heavy atom. The van der Waals surface area contributed by atoms with Gasteiger partial charge in [0.05, 0.1) is 12.5 Å². The minimum atomic E-state index is -0.696. The summed E-state index contributed by atoms with van der Waals surface area (Å²) in [5.74, 6) is 0.677. The van der Waals surface area contributed by atoms with Gasteiger partial charge in [-0.25, -0.2) is 9.67 Å². The van der Waals surface area contributed by atoms with Gasteiger partial charge in [0.15, 0.2) is 0 Å². The summed E-state index contributed by atoms with van der Waals surface area (Å²) in [4.78, 5) is 17.6. The van der Waals surface area contributed by atoms with Crippen LogP contribution in [-0.2, 0) is 17.9 Å². The van der Waals surface area contributed by atoms with E-state index in [-0.39, 0.29) is 11.8 Å². The monoisotopic (exact) mass is 266 g/mol. The van der Waals surface area contributed by atoms with Crippen molar-refractivity contribution < 1.29 is 9.90 Å². The first kappa shape index (κ1) is 14.0. The number of nitrogens with zero attached hydrogens (tertiary/aromatic N) is 4. The molecule has 0 amide bonds. The average molecular weight is 266 g/mol. The van der Waals surface area contributed by atoms with E-state index >= 15 is 0 Å². The van der Waals surface area contributed by atoms with Crippen LogP contribution < -0.4 is 0 Å². The van der Waals surface area contributed by atoms with E-state index < -0.39 is 5.97 Å². The van der Waals surface area contributed by atoms with Crippen molar-refractivity contribution in [2.75, 3.05) is 13.1 Å². The highest BCUT2D eigenvalue weighted by molar-refractivity contribution is 5.71. The van der Waals surface area contributed by atoms with Crippen LogP contribution in [-0.4, -0.2) is 43.8 Å². The Balaban J connectivity index is 1.99. The molecule has 1 fully saturated rings. The summed E-state index contributed by atoms with van der Waals surface area (Å²) in [5.41, 5.74) is 0. The molecule has 2 heterocycles. The lowest BCUT2D eigenvalue weighted by atomic mass is 9.99. The Morgan fingerprint density at radius 1 is 1.53 bits per heavy atom. The minimum Gasteiger partial charge on any atom is -0.481 e. The molecular formula is C13H22N4O2. The van der Waals surface area contributed by atoms with Gasteiger partial charge in [-0.1, -0.05) is 20.8 Å². The maximum atomic E-state index is 11.1. The van der Waals surface area contributed by atoms with Crippen molar-refractivity contribution in [2.45, 2.75) is 33.9 Å². The molecule has 2 unspecified atom stereocenters. The Labute approximate surface area is 113 Å². The molecule has 1 saturated heterocycles. The second-order valence-corrected chi connectivity index (χ2v) is 5.87. The quantitative estimate of drug-likeness (QED) is 0.863. The summed E-state index contributed by atoms with van der Waals surface area (Å²) >= 11 is 0. The molecule has 1 aliphatic rings. The molecule has 6 heteroatoms. The van der Waals surface area contributed by atoms with Crippen LogP contribution in [0.2, 0.25) is 0 Å². The zero-order valence-corrected chi connectivity index (χ0v) is 11.8. The third-order valence-corrected chi connectivity index (χ3v) is 3.60. The van der Waals surface area contributed by atoms with Crippen molar-refractivity contribution in [2.24, 2.45) is 17.8 Å². The number of aliphatic carboxylic acids is 1. The Kier molecular flexibility index (Phi) is 4.19. The molecule has 1 N–H and O–H groups in total. The highest BCUT2D eigenvalue weighted by Crippen LogP contribution is 2.24. The van der Waals surface area contributed by atoms with E-state index in [1.807, 2.05) is 11.6 Å². The molecule has 1 aromatic rings. The summed E-state index contributed by atoms with van der Waals surface area (Å²) in [6.45, 7) is 9.23. The SMILES string of the molecule is CC(C)Cn1ncnc1CN1CC(C)C(C(=O)O)C1. The fourth-order valence-electron chi connectivity index (χ4n) is 2.63. The van der Waals surface area contributed by atoms with Crippen LogP contribution in [0.15, 0.2) is 6.33 Å². The Bertz CT molecular complexity index is 444. The molecule has 0 radical (unpaired) electrons. The summed E-state index contributed by atoms with van der Waals surface area (Å²) in [6, 6.07) is 0. The first-order valence-electron chi connectivity index (χ1n) is 6.79. The number of aromatic nitrogens is 3. The van der Waals surface area contributed by atoms with Crippen molar-refractivity contribution in [3.8, 4) is 0 Å². The topological polar surface area (TPSA) is 71.2 Å². The molecule has 2 rings (SSSR count). The van der Waals surface area contributed by atoms with Crippen molar-refractivity contribution in [3.05, 3.63) is 12.2 Å². The van der Waals surface area contributed by atoms with E-state index in [2.05, 4.69) is 28.8 Å². The van der Waals surface area contributed by atoms with Gasteiger partial charge < -0.3 is 5.11 Å². The fraction of sp³-hybridized carbons (Fsp3) is 0.769. The zero-order valence-electron chi connectivity index (χ0n) is 11.8. The van der Waals surface area contributed by atoms with Gasteiger partial charge in [-0.3, -0.25) is 9.69 Å². The summed E-state index contributed by atoms with van der Waals surface area (Å²) < 4.78 is 1.92. The van der Waals surface area contributed by atoms with Crippen molar-refractivity contribution in [3.63, 3.8) is 0 Å². The summed E-state index contributed by atoms with van der Waals surface area (Å²) in [5, 5.41) is 13.4. The lowest BCUT2D eigenvalue weighted by Gasteiger charge is -2.16. The highest BCUT2D eigenvalue weighted by atomic mass is 16.4. The second kappa shape index (κ2) is 5.69. The van der Waals surface area contributed by atoms with Crippen LogP contribution in [0.1, 0.15) is 26.6 Å². The van der Waals surface area contributed by atoms with Gasteiger partial charge in [0.2, 0.25) is 0 Å². The first-order chi connectivity index (χ1) is 8.97. The normalized spacial score (nSPS) is 24.2. The molecule has 106 valence electrons. The maximum Gasteiger partial charge on any atom is 0.308 e. The zero-order chi connectivity index (χ0) is 14.0. The number of hydrogen-bond acceptors (Lipinski definition) is 4. The molecule has 0 bridgehead atoms. The van der Waals surface area contributed by atoms with Crippen LogP contribution in [0.5, 0.6) is 0 Å². The molecule has 1 aliphatic heterocycles. The second-order valence-electron chi connectivity index (χ2n) is 5.87. The lowest BCUT2D eigenvalue weighted by molar-refractivity contribution is -0.142. The predicted octanol–water partition coefficient (Wildman–Crippen LogP) is 1.09. The molecule has 1 aromatic heterocycles. The van der Waals surface area contributed by atoms with Crippen molar-refractivity contribution in [1.82, 2.24) is 19.7 Å². The lowest BCUT2D eigenvalue weighted by Crippen LogP contribution is -2.25. The number of likely N-dealkylation sites (tertiary alicyclic amines) is 1. The fourth-order valence-corrected chi connectivity index (χ4v) is 2.63. The number of carbonyl (C=O) groups is 1. The Hall–Kier alpha value is -1.43. The highest BCUT2D eigenvalue weighted by Gasteiger charge is 2.35. The standard InChI is InChI=1S/C13H22N4O2/c1-9(2)4-17-12(14-8-15-17)7-16-5-10(3)11(6-16)13(18)19/h8-11H,4-7H2,1-3H3,(H,18,19). The van der Waals surface area contributed by atoms with E-state index in [0.717, 1.165) is 18.9 Å².